The summed E-state index contributed by atoms with van der Waals surface area (Å²) in [6, 6.07) is 0.0570. The number of ether oxygens (including phenoxy) is 1. The molecule has 0 unspecified atom stereocenters. The van der Waals surface area contributed by atoms with E-state index in [2.05, 4.69) is 5.32 Å². The van der Waals surface area contributed by atoms with Crippen LogP contribution < -0.4 is 5.32 Å². The van der Waals surface area contributed by atoms with Gasteiger partial charge in [0.15, 0.2) is 0 Å². The Morgan fingerprint density at radius 1 is 1.19 bits per heavy atom. The van der Waals surface area contributed by atoms with E-state index in [9.17, 15) is 14.4 Å². The zero-order valence-electron chi connectivity index (χ0n) is 13.2. The minimum absolute atomic E-state index is 0.0195. The molecule has 1 fully saturated rings. The van der Waals surface area contributed by atoms with E-state index in [4.69, 9.17) is 4.74 Å². The summed E-state index contributed by atoms with van der Waals surface area (Å²) in [6.07, 6.45) is 1.65. The highest BCUT2D eigenvalue weighted by atomic mass is 16.5. The van der Waals surface area contributed by atoms with Crippen LogP contribution in [0.3, 0.4) is 0 Å². The van der Waals surface area contributed by atoms with Crippen LogP contribution in [0.25, 0.3) is 0 Å². The largest absolute Gasteiger partial charge is 0.449 e. The Morgan fingerprint density at radius 3 is 2.33 bits per heavy atom. The van der Waals surface area contributed by atoms with Crippen molar-refractivity contribution < 1.29 is 19.1 Å². The number of nitrogens with zero attached hydrogens (tertiary/aromatic N) is 1. The molecule has 1 saturated heterocycles. The lowest BCUT2D eigenvalue weighted by atomic mass is 10.0. The number of hydrogen-bond acceptors (Lipinski definition) is 4. The number of amides is 2. The van der Waals surface area contributed by atoms with E-state index < -0.39 is 0 Å². The van der Waals surface area contributed by atoms with E-state index in [0.29, 0.717) is 32.0 Å². The van der Waals surface area contributed by atoms with Gasteiger partial charge in [0.2, 0.25) is 5.91 Å². The number of likely N-dealkylation sites (tertiary alicyclic amines) is 1. The Morgan fingerprint density at radius 2 is 1.81 bits per heavy atom. The van der Waals surface area contributed by atoms with Crippen molar-refractivity contribution in [1.29, 1.82) is 0 Å². The Bertz CT molecular complexity index is 374. The van der Waals surface area contributed by atoms with Gasteiger partial charge in [0.05, 0.1) is 6.61 Å². The van der Waals surface area contributed by atoms with E-state index >= 15 is 0 Å². The van der Waals surface area contributed by atoms with Crippen molar-refractivity contribution in [2.24, 2.45) is 5.92 Å². The summed E-state index contributed by atoms with van der Waals surface area (Å²) in [7, 11) is 0. The van der Waals surface area contributed by atoms with Gasteiger partial charge in [-0.25, -0.2) is 4.79 Å². The summed E-state index contributed by atoms with van der Waals surface area (Å²) in [5.41, 5.74) is 0. The maximum Gasteiger partial charge on any atom is 0.407 e. The first-order chi connectivity index (χ1) is 9.88. The maximum atomic E-state index is 11.9. The van der Waals surface area contributed by atoms with Gasteiger partial charge < -0.3 is 19.7 Å². The summed E-state index contributed by atoms with van der Waals surface area (Å²) < 4.78 is 5.08. The van der Waals surface area contributed by atoms with Crippen molar-refractivity contribution in [2.45, 2.75) is 52.5 Å². The van der Waals surface area contributed by atoms with Crippen molar-refractivity contribution >= 4 is 17.8 Å². The monoisotopic (exact) mass is 298 g/mol. The molecule has 0 bridgehead atoms. The standard InChI is InChI=1S/C15H26N2O4/c1-11(2)10-21-15(20)16-13-6-8-17(9-7-13)14(19)5-4-12(3)18/h11,13H,4-10H2,1-3H3,(H,16,20). The average Bonchev–Trinajstić information content (AvgIpc) is 2.43. The van der Waals surface area contributed by atoms with E-state index in [1.807, 2.05) is 13.8 Å². The van der Waals surface area contributed by atoms with Gasteiger partial charge in [0, 0.05) is 32.0 Å². The van der Waals surface area contributed by atoms with Crippen molar-refractivity contribution in [1.82, 2.24) is 10.2 Å². The summed E-state index contributed by atoms with van der Waals surface area (Å²) in [5.74, 6) is 0.371. The van der Waals surface area contributed by atoms with Crippen molar-refractivity contribution in [3.63, 3.8) is 0 Å². The number of Topliss-reactive ketones (excluding diaryl/α,β-unsaturated/α-hetero) is 1. The topological polar surface area (TPSA) is 75.7 Å². The second kappa shape index (κ2) is 8.64. The lowest BCUT2D eigenvalue weighted by Gasteiger charge is -2.32. The van der Waals surface area contributed by atoms with Crippen LogP contribution in [0.4, 0.5) is 4.79 Å². The molecule has 0 radical (unpaired) electrons. The first-order valence-electron chi connectivity index (χ1n) is 7.59. The Labute approximate surface area is 126 Å². The van der Waals surface area contributed by atoms with Crippen LogP contribution in [-0.2, 0) is 14.3 Å². The highest BCUT2D eigenvalue weighted by Gasteiger charge is 2.24. The Hall–Kier alpha value is -1.59. The molecular weight excluding hydrogens is 272 g/mol. The molecule has 2 amide bonds. The van der Waals surface area contributed by atoms with Crippen molar-refractivity contribution in [2.75, 3.05) is 19.7 Å². The molecule has 6 nitrogen and oxygen atoms in total. The average molecular weight is 298 g/mol. The van der Waals surface area contributed by atoms with Gasteiger partial charge in [-0.05, 0) is 25.7 Å². The van der Waals surface area contributed by atoms with Crippen LogP contribution in [0.2, 0.25) is 0 Å². The van der Waals surface area contributed by atoms with E-state index in [0.717, 1.165) is 12.8 Å². The van der Waals surface area contributed by atoms with Gasteiger partial charge in [0.25, 0.3) is 0 Å². The van der Waals surface area contributed by atoms with Gasteiger partial charge in [-0.15, -0.1) is 0 Å². The number of carbonyl (C=O) groups excluding carboxylic acids is 3. The molecule has 0 aromatic carbocycles. The Kier molecular flexibility index (Phi) is 7.19. The summed E-state index contributed by atoms with van der Waals surface area (Å²) in [6.45, 7) is 7.11. The smallest absolute Gasteiger partial charge is 0.407 e. The van der Waals surface area contributed by atoms with E-state index in [1.165, 1.54) is 6.92 Å². The molecule has 1 heterocycles. The second-order valence-corrected chi connectivity index (χ2v) is 5.99. The predicted molar refractivity (Wildman–Crippen MR) is 78.8 cm³/mol. The lowest BCUT2D eigenvalue weighted by Crippen LogP contribution is -2.46. The molecule has 0 aromatic rings. The third kappa shape index (κ3) is 7.11. The molecule has 0 saturated carbocycles. The third-order valence-electron chi connectivity index (χ3n) is 3.41. The summed E-state index contributed by atoms with van der Waals surface area (Å²) in [4.78, 5) is 36.1. The van der Waals surface area contributed by atoms with Crippen molar-refractivity contribution in [3.05, 3.63) is 0 Å². The number of ketones is 1. The SMILES string of the molecule is CC(=O)CCC(=O)N1CCC(NC(=O)OCC(C)C)CC1. The van der Waals surface area contributed by atoms with Gasteiger partial charge in [0.1, 0.15) is 5.78 Å². The predicted octanol–water partition coefficient (Wildman–Crippen LogP) is 1.73. The normalized spacial score (nSPS) is 15.9. The highest BCUT2D eigenvalue weighted by molar-refractivity contribution is 5.83. The first kappa shape index (κ1) is 17.5. The fourth-order valence-corrected chi connectivity index (χ4v) is 2.16. The van der Waals surface area contributed by atoms with Gasteiger partial charge >= 0.3 is 6.09 Å². The van der Waals surface area contributed by atoms with Gasteiger partial charge in [-0.3, -0.25) is 4.79 Å². The number of piperidine rings is 1. The molecule has 6 heteroatoms. The molecular formula is C15H26N2O4. The summed E-state index contributed by atoms with van der Waals surface area (Å²) in [5, 5.41) is 2.83. The number of nitrogens with one attached hydrogen (secondary N) is 1. The maximum absolute atomic E-state index is 11.9. The fourth-order valence-electron chi connectivity index (χ4n) is 2.16. The number of alkyl carbamates (subject to hydrolysis) is 1. The van der Waals surface area contributed by atoms with Crippen LogP contribution in [0.15, 0.2) is 0 Å². The first-order valence-corrected chi connectivity index (χ1v) is 7.59. The highest BCUT2D eigenvalue weighted by Crippen LogP contribution is 2.12. The second-order valence-electron chi connectivity index (χ2n) is 5.99. The van der Waals surface area contributed by atoms with Gasteiger partial charge in [-0.2, -0.15) is 0 Å². The molecule has 1 N–H and O–H groups in total. The molecule has 1 aliphatic heterocycles. The van der Waals surface area contributed by atoms with Crippen LogP contribution in [0.5, 0.6) is 0 Å². The minimum Gasteiger partial charge on any atom is -0.449 e. The molecule has 0 spiro atoms. The molecule has 0 atom stereocenters. The quantitative estimate of drug-likeness (QED) is 0.810. The van der Waals surface area contributed by atoms with Crippen molar-refractivity contribution in [3.8, 4) is 0 Å². The van der Waals surface area contributed by atoms with E-state index in [1.54, 1.807) is 4.90 Å². The van der Waals surface area contributed by atoms with Crippen LogP contribution in [0.1, 0.15) is 46.5 Å². The zero-order chi connectivity index (χ0) is 15.8. The minimum atomic E-state index is -0.384. The van der Waals surface area contributed by atoms with Gasteiger partial charge in [-0.1, -0.05) is 13.8 Å². The number of rotatable bonds is 6. The number of carbonyl (C=O) groups is 3. The molecule has 1 rings (SSSR count). The van der Waals surface area contributed by atoms with Crippen LogP contribution >= 0.6 is 0 Å². The zero-order valence-corrected chi connectivity index (χ0v) is 13.2. The fraction of sp³-hybridized carbons (Fsp3) is 0.800. The van der Waals surface area contributed by atoms with E-state index in [-0.39, 0.29) is 30.2 Å². The molecule has 120 valence electrons. The molecule has 0 aromatic heterocycles. The summed E-state index contributed by atoms with van der Waals surface area (Å²) >= 11 is 0. The molecule has 21 heavy (non-hydrogen) atoms. The molecule has 1 aliphatic rings. The van der Waals surface area contributed by atoms with Crippen LogP contribution in [0, 0.1) is 5.92 Å². The Balaban J connectivity index is 2.24. The molecule has 0 aliphatic carbocycles. The lowest BCUT2D eigenvalue weighted by molar-refractivity contribution is -0.133. The number of hydrogen-bond donors (Lipinski definition) is 1. The van der Waals surface area contributed by atoms with Crippen LogP contribution in [-0.4, -0.2) is 48.4 Å². The third-order valence-corrected chi connectivity index (χ3v) is 3.41.